The Morgan fingerprint density at radius 1 is 1.06 bits per heavy atom. The standard InChI is InChI=1S/C14H12ClNO2/c1-9(16-18)13-8-11(4-7-14(13)17)10-2-5-12(15)6-3-10/h2-8,17-18H,1H3/b16-9+. The molecule has 4 heteroatoms. The van der Waals surface area contributed by atoms with Crippen molar-refractivity contribution in [3.05, 3.63) is 53.1 Å². The predicted octanol–water partition coefficient (Wildman–Crippen LogP) is 3.91. The minimum absolute atomic E-state index is 0.0861. The molecule has 0 atom stereocenters. The van der Waals surface area contributed by atoms with Crippen LogP contribution in [-0.4, -0.2) is 16.0 Å². The number of benzene rings is 2. The van der Waals surface area contributed by atoms with Crippen LogP contribution in [0.15, 0.2) is 47.6 Å². The fourth-order valence-electron chi connectivity index (χ4n) is 1.70. The third-order valence-electron chi connectivity index (χ3n) is 2.71. The lowest BCUT2D eigenvalue weighted by Crippen LogP contribution is -1.95. The zero-order valence-electron chi connectivity index (χ0n) is 9.76. The summed E-state index contributed by atoms with van der Waals surface area (Å²) in [5, 5.41) is 22.3. The molecular formula is C14H12ClNO2. The Morgan fingerprint density at radius 3 is 2.28 bits per heavy atom. The first-order valence-electron chi connectivity index (χ1n) is 5.40. The molecular weight excluding hydrogens is 250 g/mol. The van der Waals surface area contributed by atoms with Gasteiger partial charge in [-0.05, 0) is 42.3 Å². The molecule has 0 aliphatic rings. The van der Waals surface area contributed by atoms with Crippen LogP contribution in [0.2, 0.25) is 5.02 Å². The van der Waals surface area contributed by atoms with Gasteiger partial charge in [0.15, 0.2) is 0 Å². The van der Waals surface area contributed by atoms with Crippen LogP contribution < -0.4 is 0 Å². The molecule has 2 N–H and O–H groups in total. The smallest absolute Gasteiger partial charge is 0.124 e. The van der Waals surface area contributed by atoms with Gasteiger partial charge in [-0.1, -0.05) is 35.0 Å². The quantitative estimate of drug-likeness (QED) is 0.489. The summed E-state index contributed by atoms with van der Waals surface area (Å²) in [5.74, 6) is 0.0861. The van der Waals surface area contributed by atoms with E-state index >= 15 is 0 Å². The zero-order valence-corrected chi connectivity index (χ0v) is 10.5. The van der Waals surface area contributed by atoms with E-state index in [0.29, 0.717) is 16.3 Å². The van der Waals surface area contributed by atoms with Gasteiger partial charge in [-0.2, -0.15) is 0 Å². The van der Waals surface area contributed by atoms with Crippen LogP contribution in [0.1, 0.15) is 12.5 Å². The van der Waals surface area contributed by atoms with Gasteiger partial charge in [-0.25, -0.2) is 0 Å². The fraction of sp³-hybridized carbons (Fsp3) is 0.0714. The van der Waals surface area contributed by atoms with Crippen molar-refractivity contribution < 1.29 is 10.3 Å². The second-order valence-corrected chi connectivity index (χ2v) is 4.36. The number of halogens is 1. The molecule has 0 aliphatic carbocycles. The number of rotatable bonds is 2. The van der Waals surface area contributed by atoms with Gasteiger partial charge in [-0.3, -0.25) is 0 Å². The van der Waals surface area contributed by atoms with E-state index in [9.17, 15) is 5.11 Å². The highest BCUT2D eigenvalue weighted by Crippen LogP contribution is 2.27. The Hall–Kier alpha value is -2.00. The molecule has 2 aromatic rings. The van der Waals surface area contributed by atoms with E-state index in [1.54, 1.807) is 37.3 Å². The average molecular weight is 262 g/mol. The van der Waals surface area contributed by atoms with Crippen molar-refractivity contribution in [2.24, 2.45) is 5.16 Å². The molecule has 0 saturated carbocycles. The Morgan fingerprint density at radius 2 is 1.67 bits per heavy atom. The first-order valence-corrected chi connectivity index (χ1v) is 5.77. The molecule has 0 saturated heterocycles. The molecule has 0 unspecified atom stereocenters. The summed E-state index contributed by atoms with van der Waals surface area (Å²) in [6, 6.07) is 12.5. The summed E-state index contributed by atoms with van der Waals surface area (Å²) in [7, 11) is 0. The highest BCUT2D eigenvalue weighted by Gasteiger charge is 2.07. The van der Waals surface area contributed by atoms with Gasteiger partial charge in [0.05, 0.1) is 5.71 Å². The van der Waals surface area contributed by atoms with Crippen molar-refractivity contribution in [3.8, 4) is 16.9 Å². The third kappa shape index (κ3) is 2.46. The lowest BCUT2D eigenvalue weighted by atomic mass is 10.0. The van der Waals surface area contributed by atoms with Crippen molar-refractivity contribution in [1.82, 2.24) is 0 Å². The van der Waals surface area contributed by atoms with Crippen LogP contribution in [0, 0.1) is 0 Å². The molecule has 2 rings (SSSR count). The van der Waals surface area contributed by atoms with Crippen molar-refractivity contribution in [1.29, 1.82) is 0 Å². The number of oxime groups is 1. The Bertz CT molecular complexity index is 591. The summed E-state index contributed by atoms with van der Waals surface area (Å²) < 4.78 is 0. The number of phenolic OH excluding ortho intramolecular Hbond substituents is 1. The maximum absolute atomic E-state index is 9.71. The van der Waals surface area contributed by atoms with Gasteiger partial charge in [0.25, 0.3) is 0 Å². The number of hydrogen-bond donors (Lipinski definition) is 2. The summed E-state index contributed by atoms with van der Waals surface area (Å²) >= 11 is 5.84. The van der Waals surface area contributed by atoms with Crippen LogP contribution in [-0.2, 0) is 0 Å². The van der Waals surface area contributed by atoms with Crippen molar-refractivity contribution in [3.63, 3.8) is 0 Å². The predicted molar refractivity (Wildman–Crippen MR) is 72.6 cm³/mol. The summed E-state index contributed by atoms with van der Waals surface area (Å²) in [4.78, 5) is 0. The lowest BCUT2D eigenvalue weighted by molar-refractivity contribution is 0.318. The zero-order chi connectivity index (χ0) is 13.1. The monoisotopic (exact) mass is 261 g/mol. The number of nitrogens with zero attached hydrogens (tertiary/aromatic N) is 1. The summed E-state index contributed by atoms with van der Waals surface area (Å²) in [5.41, 5.74) is 2.77. The van der Waals surface area contributed by atoms with Crippen molar-refractivity contribution >= 4 is 17.3 Å². The second-order valence-electron chi connectivity index (χ2n) is 3.92. The highest BCUT2D eigenvalue weighted by molar-refractivity contribution is 6.30. The van der Waals surface area contributed by atoms with Crippen LogP contribution in [0.25, 0.3) is 11.1 Å². The minimum atomic E-state index is 0.0861. The number of aromatic hydroxyl groups is 1. The van der Waals surface area contributed by atoms with Crippen LogP contribution in [0.4, 0.5) is 0 Å². The van der Waals surface area contributed by atoms with Gasteiger partial charge in [0, 0.05) is 10.6 Å². The molecule has 0 fully saturated rings. The van der Waals surface area contributed by atoms with E-state index < -0.39 is 0 Å². The highest BCUT2D eigenvalue weighted by atomic mass is 35.5. The van der Waals surface area contributed by atoms with E-state index in [1.807, 2.05) is 12.1 Å². The van der Waals surface area contributed by atoms with Crippen LogP contribution in [0.3, 0.4) is 0 Å². The molecule has 0 heterocycles. The van der Waals surface area contributed by atoms with E-state index in [0.717, 1.165) is 11.1 Å². The largest absolute Gasteiger partial charge is 0.507 e. The molecule has 3 nitrogen and oxygen atoms in total. The van der Waals surface area contributed by atoms with E-state index in [4.69, 9.17) is 16.8 Å². The van der Waals surface area contributed by atoms with Gasteiger partial charge >= 0.3 is 0 Å². The average Bonchev–Trinajstić information content (AvgIpc) is 2.39. The van der Waals surface area contributed by atoms with Crippen LogP contribution >= 0.6 is 11.6 Å². The molecule has 92 valence electrons. The fourth-order valence-corrected chi connectivity index (χ4v) is 1.83. The lowest BCUT2D eigenvalue weighted by Gasteiger charge is -2.07. The maximum atomic E-state index is 9.71. The van der Waals surface area contributed by atoms with Gasteiger partial charge in [-0.15, -0.1) is 0 Å². The van der Waals surface area contributed by atoms with E-state index in [1.165, 1.54) is 0 Å². The molecule has 0 aliphatic heterocycles. The topological polar surface area (TPSA) is 52.8 Å². The molecule has 18 heavy (non-hydrogen) atoms. The maximum Gasteiger partial charge on any atom is 0.124 e. The first kappa shape index (κ1) is 12.5. The second kappa shape index (κ2) is 5.10. The molecule has 0 amide bonds. The van der Waals surface area contributed by atoms with Gasteiger partial charge in [0.2, 0.25) is 0 Å². The summed E-state index contributed by atoms with van der Waals surface area (Å²) in [6.45, 7) is 1.63. The van der Waals surface area contributed by atoms with E-state index in [2.05, 4.69) is 5.16 Å². The molecule has 2 aromatic carbocycles. The normalized spacial score (nSPS) is 11.6. The third-order valence-corrected chi connectivity index (χ3v) is 2.97. The van der Waals surface area contributed by atoms with Crippen LogP contribution in [0.5, 0.6) is 5.75 Å². The van der Waals surface area contributed by atoms with Crippen molar-refractivity contribution in [2.75, 3.05) is 0 Å². The van der Waals surface area contributed by atoms with E-state index in [-0.39, 0.29) is 5.75 Å². The molecule has 0 spiro atoms. The number of hydrogen-bond acceptors (Lipinski definition) is 3. The Labute approximate surface area is 110 Å². The van der Waals surface area contributed by atoms with Gasteiger partial charge < -0.3 is 10.3 Å². The number of phenols is 1. The van der Waals surface area contributed by atoms with Gasteiger partial charge in [0.1, 0.15) is 5.75 Å². The molecule has 0 aromatic heterocycles. The first-order chi connectivity index (χ1) is 8.61. The van der Waals surface area contributed by atoms with Crippen molar-refractivity contribution in [2.45, 2.75) is 6.92 Å². The Balaban J connectivity index is 2.50. The SMILES string of the molecule is C/C(=N\O)c1cc(-c2ccc(Cl)cc2)ccc1O. The minimum Gasteiger partial charge on any atom is -0.507 e. The summed E-state index contributed by atoms with van der Waals surface area (Å²) in [6.07, 6.45) is 0. The Kier molecular flexibility index (Phi) is 3.53. The molecule has 0 radical (unpaired) electrons. The molecule has 0 bridgehead atoms.